The summed E-state index contributed by atoms with van der Waals surface area (Å²) in [6.07, 6.45) is 0. The number of anilines is 1. The van der Waals surface area contributed by atoms with E-state index in [0.717, 1.165) is 11.1 Å². The van der Waals surface area contributed by atoms with Gasteiger partial charge in [-0.05, 0) is 49.2 Å². The summed E-state index contributed by atoms with van der Waals surface area (Å²) in [6.45, 7) is 3.83. The first-order chi connectivity index (χ1) is 9.47. The first-order valence-electron chi connectivity index (χ1n) is 6.40. The van der Waals surface area contributed by atoms with E-state index in [2.05, 4.69) is 5.32 Å². The van der Waals surface area contributed by atoms with Gasteiger partial charge >= 0.3 is 0 Å². The number of hydrogen-bond donors (Lipinski definition) is 2. The largest absolute Gasteiger partial charge is 0.399 e. The summed E-state index contributed by atoms with van der Waals surface area (Å²) in [5, 5.41) is 3.54. The van der Waals surface area contributed by atoms with Crippen LogP contribution in [-0.4, -0.2) is 5.91 Å². The van der Waals surface area contributed by atoms with Crippen molar-refractivity contribution >= 4 is 23.2 Å². The number of nitrogens with two attached hydrogens (primary N) is 1. The van der Waals surface area contributed by atoms with Crippen molar-refractivity contribution in [1.29, 1.82) is 0 Å². The molecule has 0 radical (unpaired) electrons. The highest BCUT2D eigenvalue weighted by molar-refractivity contribution is 6.31. The maximum Gasteiger partial charge on any atom is 0.251 e. The van der Waals surface area contributed by atoms with Crippen LogP contribution in [0.15, 0.2) is 42.5 Å². The Balaban J connectivity index is 2.10. The van der Waals surface area contributed by atoms with Crippen molar-refractivity contribution in [3.63, 3.8) is 0 Å². The Morgan fingerprint density at radius 2 is 1.85 bits per heavy atom. The van der Waals surface area contributed by atoms with Crippen molar-refractivity contribution in [2.75, 3.05) is 5.73 Å². The number of amides is 1. The molecule has 20 heavy (non-hydrogen) atoms. The van der Waals surface area contributed by atoms with Gasteiger partial charge in [-0.15, -0.1) is 0 Å². The van der Waals surface area contributed by atoms with Gasteiger partial charge in [0.1, 0.15) is 0 Å². The first kappa shape index (κ1) is 14.4. The van der Waals surface area contributed by atoms with Crippen LogP contribution in [0.4, 0.5) is 5.69 Å². The molecule has 1 amide bonds. The third-order valence-electron chi connectivity index (χ3n) is 3.22. The lowest BCUT2D eigenvalue weighted by Gasteiger charge is -2.15. The summed E-state index contributed by atoms with van der Waals surface area (Å²) in [5.74, 6) is -0.142. The molecule has 4 heteroatoms. The highest BCUT2D eigenvalue weighted by Crippen LogP contribution is 2.18. The van der Waals surface area contributed by atoms with Gasteiger partial charge in [0.25, 0.3) is 5.91 Å². The zero-order chi connectivity index (χ0) is 14.7. The Kier molecular flexibility index (Phi) is 4.30. The molecular weight excluding hydrogens is 272 g/mol. The van der Waals surface area contributed by atoms with E-state index in [1.807, 2.05) is 44.2 Å². The molecular formula is C16H17ClN2O. The van der Waals surface area contributed by atoms with E-state index in [4.69, 9.17) is 17.3 Å². The Morgan fingerprint density at radius 3 is 2.45 bits per heavy atom. The number of hydrogen-bond acceptors (Lipinski definition) is 2. The fourth-order valence-corrected chi connectivity index (χ4v) is 2.06. The molecule has 0 aliphatic heterocycles. The maximum absolute atomic E-state index is 12.2. The molecule has 0 saturated carbocycles. The van der Waals surface area contributed by atoms with E-state index >= 15 is 0 Å². The minimum atomic E-state index is -0.142. The van der Waals surface area contributed by atoms with E-state index in [9.17, 15) is 4.79 Å². The lowest BCUT2D eigenvalue weighted by Crippen LogP contribution is -2.26. The van der Waals surface area contributed by atoms with Crippen LogP contribution < -0.4 is 11.1 Å². The number of nitrogen functional groups attached to an aromatic ring is 1. The molecule has 0 aliphatic carbocycles. The van der Waals surface area contributed by atoms with E-state index in [1.54, 1.807) is 12.1 Å². The zero-order valence-corrected chi connectivity index (χ0v) is 12.2. The van der Waals surface area contributed by atoms with Gasteiger partial charge in [-0.3, -0.25) is 4.79 Å². The number of benzene rings is 2. The third kappa shape index (κ3) is 3.31. The van der Waals surface area contributed by atoms with Crippen LogP contribution in [0.1, 0.15) is 34.5 Å². The quantitative estimate of drug-likeness (QED) is 0.846. The van der Waals surface area contributed by atoms with Crippen molar-refractivity contribution in [1.82, 2.24) is 5.32 Å². The second-order valence-electron chi connectivity index (χ2n) is 4.83. The first-order valence-corrected chi connectivity index (χ1v) is 6.77. The van der Waals surface area contributed by atoms with Crippen molar-refractivity contribution in [3.8, 4) is 0 Å². The van der Waals surface area contributed by atoms with E-state index in [1.165, 1.54) is 0 Å². The molecule has 0 aromatic heterocycles. The third-order valence-corrected chi connectivity index (χ3v) is 3.63. The van der Waals surface area contributed by atoms with Gasteiger partial charge in [0.15, 0.2) is 0 Å². The zero-order valence-electron chi connectivity index (χ0n) is 11.5. The maximum atomic E-state index is 12.2. The van der Waals surface area contributed by atoms with Crippen molar-refractivity contribution in [3.05, 3.63) is 64.2 Å². The van der Waals surface area contributed by atoms with Crippen molar-refractivity contribution in [2.45, 2.75) is 19.9 Å². The summed E-state index contributed by atoms with van der Waals surface area (Å²) in [4.78, 5) is 12.2. The molecule has 1 atom stereocenters. The molecule has 0 spiro atoms. The van der Waals surface area contributed by atoms with Crippen LogP contribution in [0.25, 0.3) is 0 Å². The number of aryl methyl sites for hydroxylation is 1. The van der Waals surface area contributed by atoms with Crippen LogP contribution in [0.5, 0.6) is 0 Å². The number of carbonyl (C=O) groups excluding carboxylic acids is 1. The van der Waals surface area contributed by atoms with Gasteiger partial charge in [-0.25, -0.2) is 0 Å². The molecule has 0 fully saturated rings. The van der Waals surface area contributed by atoms with Crippen molar-refractivity contribution < 1.29 is 4.79 Å². The predicted molar refractivity (Wildman–Crippen MR) is 82.9 cm³/mol. The molecule has 0 heterocycles. The molecule has 0 saturated heterocycles. The predicted octanol–water partition coefficient (Wildman–Crippen LogP) is 3.72. The number of halogens is 1. The Morgan fingerprint density at radius 1 is 1.20 bits per heavy atom. The summed E-state index contributed by atoms with van der Waals surface area (Å²) in [6, 6.07) is 12.6. The Bertz CT molecular complexity index is 623. The van der Waals surface area contributed by atoms with Gasteiger partial charge < -0.3 is 11.1 Å². The molecule has 0 aliphatic rings. The molecule has 0 bridgehead atoms. The van der Waals surface area contributed by atoms with E-state index in [0.29, 0.717) is 16.3 Å². The minimum Gasteiger partial charge on any atom is -0.399 e. The van der Waals surface area contributed by atoms with Gasteiger partial charge in [-0.1, -0.05) is 29.8 Å². The molecule has 2 aromatic rings. The number of rotatable bonds is 3. The van der Waals surface area contributed by atoms with Crippen LogP contribution in [0, 0.1) is 6.92 Å². The average molecular weight is 289 g/mol. The van der Waals surface area contributed by atoms with Gasteiger partial charge in [-0.2, -0.15) is 0 Å². The smallest absolute Gasteiger partial charge is 0.251 e. The second kappa shape index (κ2) is 5.97. The topological polar surface area (TPSA) is 55.1 Å². The summed E-state index contributed by atoms with van der Waals surface area (Å²) >= 11 is 6.03. The van der Waals surface area contributed by atoms with Crippen molar-refractivity contribution in [2.24, 2.45) is 0 Å². The Labute approximate surface area is 123 Å². The molecule has 1 unspecified atom stereocenters. The van der Waals surface area contributed by atoms with Crippen LogP contribution in [-0.2, 0) is 0 Å². The van der Waals surface area contributed by atoms with Crippen LogP contribution in [0.3, 0.4) is 0 Å². The monoisotopic (exact) mass is 288 g/mol. The number of carbonyl (C=O) groups is 1. The molecule has 2 rings (SSSR count). The molecule has 2 aromatic carbocycles. The minimum absolute atomic E-state index is 0.0943. The lowest BCUT2D eigenvalue weighted by molar-refractivity contribution is 0.0940. The second-order valence-corrected chi connectivity index (χ2v) is 5.23. The average Bonchev–Trinajstić information content (AvgIpc) is 2.42. The summed E-state index contributed by atoms with van der Waals surface area (Å²) in [5.41, 5.74) is 8.87. The highest BCUT2D eigenvalue weighted by atomic mass is 35.5. The lowest BCUT2D eigenvalue weighted by atomic mass is 10.1. The Hall–Kier alpha value is -2.00. The SMILES string of the molecule is Cc1ccc(C(=O)NC(C)c2ccc(N)cc2)cc1Cl. The normalized spacial score (nSPS) is 11.9. The molecule has 3 nitrogen and oxygen atoms in total. The van der Waals surface area contributed by atoms with E-state index in [-0.39, 0.29) is 11.9 Å². The summed E-state index contributed by atoms with van der Waals surface area (Å²) < 4.78 is 0. The molecule has 104 valence electrons. The van der Waals surface area contributed by atoms with E-state index < -0.39 is 0 Å². The van der Waals surface area contributed by atoms with Gasteiger partial charge in [0.2, 0.25) is 0 Å². The fourth-order valence-electron chi connectivity index (χ4n) is 1.88. The standard InChI is InChI=1S/C16H17ClN2O/c1-10-3-4-13(9-15(10)17)16(20)19-11(2)12-5-7-14(18)8-6-12/h3-9,11H,18H2,1-2H3,(H,19,20). The summed E-state index contributed by atoms with van der Waals surface area (Å²) in [7, 11) is 0. The number of nitrogens with one attached hydrogen (secondary N) is 1. The fraction of sp³-hybridized carbons (Fsp3) is 0.188. The van der Waals surface area contributed by atoms with Crippen LogP contribution in [0.2, 0.25) is 5.02 Å². The van der Waals surface area contributed by atoms with Crippen LogP contribution >= 0.6 is 11.6 Å². The van der Waals surface area contributed by atoms with Gasteiger partial charge in [0.05, 0.1) is 6.04 Å². The van der Waals surface area contributed by atoms with Gasteiger partial charge in [0, 0.05) is 16.3 Å². The molecule has 3 N–H and O–H groups in total. The highest BCUT2D eigenvalue weighted by Gasteiger charge is 2.12.